The summed E-state index contributed by atoms with van der Waals surface area (Å²) in [5.41, 5.74) is 0.183. The molecule has 2 N–H and O–H groups in total. The van der Waals surface area contributed by atoms with Crippen LogP contribution in [0.1, 0.15) is 25.3 Å². The molecule has 1 atom stereocenters. The fraction of sp³-hybridized carbons (Fsp3) is 0.583. The van der Waals surface area contributed by atoms with Crippen LogP contribution in [0.25, 0.3) is 0 Å². The minimum Gasteiger partial charge on any atom is -0.480 e. The van der Waals surface area contributed by atoms with Gasteiger partial charge in [-0.25, -0.2) is 9.97 Å². The van der Waals surface area contributed by atoms with Crippen LogP contribution >= 0.6 is 11.8 Å². The van der Waals surface area contributed by atoms with Gasteiger partial charge >= 0.3 is 5.97 Å². The van der Waals surface area contributed by atoms with E-state index in [1.54, 1.807) is 38.1 Å². The minimum absolute atomic E-state index is 0.581. The van der Waals surface area contributed by atoms with Crippen molar-refractivity contribution in [2.75, 3.05) is 12.8 Å². The third-order valence-corrected chi connectivity index (χ3v) is 3.80. The Hall–Kier alpha value is -1.14. The third-order valence-electron chi connectivity index (χ3n) is 2.83. The molecule has 0 aliphatic heterocycles. The predicted molar refractivity (Wildman–Crippen MR) is 71.8 cm³/mol. The van der Waals surface area contributed by atoms with Crippen molar-refractivity contribution in [1.82, 2.24) is 15.3 Å². The number of hydrogen-bond donors (Lipinski definition) is 2. The first-order valence-corrected chi connectivity index (χ1v) is 6.80. The topological polar surface area (TPSA) is 75.1 Å². The number of rotatable bonds is 7. The molecule has 0 bridgehead atoms. The number of aliphatic carboxylic acids is 1. The van der Waals surface area contributed by atoms with Crippen LogP contribution in [0.2, 0.25) is 0 Å². The van der Waals surface area contributed by atoms with Gasteiger partial charge in [-0.1, -0.05) is 11.8 Å². The maximum atomic E-state index is 11.1. The maximum absolute atomic E-state index is 11.1. The highest BCUT2D eigenvalue weighted by Crippen LogP contribution is 2.18. The van der Waals surface area contributed by atoms with Crippen LogP contribution in [-0.4, -0.2) is 39.4 Å². The molecule has 0 aliphatic carbocycles. The van der Waals surface area contributed by atoms with Crippen molar-refractivity contribution in [3.05, 3.63) is 18.0 Å². The molecular weight excluding hydrogens is 250 g/mol. The maximum Gasteiger partial charge on any atom is 0.323 e. The van der Waals surface area contributed by atoms with Gasteiger partial charge in [-0.2, -0.15) is 0 Å². The van der Waals surface area contributed by atoms with Crippen LogP contribution in [0.15, 0.2) is 17.6 Å². The van der Waals surface area contributed by atoms with E-state index in [0.717, 1.165) is 22.9 Å². The molecule has 0 aromatic carbocycles. The molecule has 0 radical (unpaired) electrons. The highest BCUT2D eigenvalue weighted by atomic mass is 32.2. The summed E-state index contributed by atoms with van der Waals surface area (Å²) in [5, 5.41) is 12.7. The highest BCUT2D eigenvalue weighted by molar-refractivity contribution is 7.99. The van der Waals surface area contributed by atoms with Crippen molar-refractivity contribution in [3.8, 4) is 0 Å². The predicted octanol–water partition coefficient (Wildman–Crippen LogP) is 1.72. The highest BCUT2D eigenvalue weighted by Gasteiger charge is 2.30. The van der Waals surface area contributed by atoms with Gasteiger partial charge in [0.25, 0.3) is 0 Å². The van der Waals surface area contributed by atoms with Gasteiger partial charge in [0.05, 0.1) is 0 Å². The van der Waals surface area contributed by atoms with E-state index >= 15 is 0 Å². The fourth-order valence-corrected chi connectivity index (χ4v) is 2.11. The molecule has 1 aromatic rings. The summed E-state index contributed by atoms with van der Waals surface area (Å²) in [6.07, 6.45) is 4.94. The Morgan fingerprint density at radius 3 is 2.61 bits per heavy atom. The molecule has 0 aliphatic rings. The van der Waals surface area contributed by atoms with Gasteiger partial charge in [-0.05, 0) is 39.3 Å². The zero-order valence-corrected chi connectivity index (χ0v) is 11.8. The van der Waals surface area contributed by atoms with E-state index in [-0.39, 0.29) is 0 Å². The lowest BCUT2D eigenvalue weighted by Gasteiger charge is -2.23. The van der Waals surface area contributed by atoms with Gasteiger partial charge in [-0.15, -0.1) is 0 Å². The van der Waals surface area contributed by atoms with Crippen LogP contribution in [0.5, 0.6) is 0 Å². The molecule has 1 rings (SSSR count). The number of carboxylic acids is 1. The van der Waals surface area contributed by atoms with Gasteiger partial charge in [0, 0.05) is 18.1 Å². The molecular formula is C12H19N3O2S. The summed E-state index contributed by atoms with van der Waals surface area (Å²) in [6, 6.07) is 0. The second-order valence-corrected chi connectivity index (χ2v) is 5.44. The average Bonchev–Trinajstić information content (AvgIpc) is 2.36. The zero-order chi connectivity index (χ0) is 13.6. The minimum atomic E-state index is -0.852. The van der Waals surface area contributed by atoms with Crippen LogP contribution in [0, 0.1) is 6.92 Å². The normalized spacial score (nSPS) is 14.2. The van der Waals surface area contributed by atoms with E-state index in [0.29, 0.717) is 6.42 Å². The van der Waals surface area contributed by atoms with Gasteiger partial charge in [0.15, 0.2) is 5.16 Å². The number of nitrogens with zero attached hydrogens (tertiary/aromatic N) is 2. The van der Waals surface area contributed by atoms with Crippen LogP contribution in [-0.2, 0) is 4.79 Å². The molecule has 18 heavy (non-hydrogen) atoms. The first-order valence-electron chi connectivity index (χ1n) is 5.82. The number of nitrogens with one attached hydrogen (secondary N) is 1. The van der Waals surface area contributed by atoms with Gasteiger partial charge < -0.3 is 10.4 Å². The average molecular weight is 269 g/mol. The number of aryl methyl sites for hydroxylation is 1. The number of likely N-dealkylation sites (N-methyl/N-ethyl adjacent to an activating group) is 1. The summed E-state index contributed by atoms with van der Waals surface area (Å²) in [7, 11) is 1.67. The smallest absolute Gasteiger partial charge is 0.323 e. The number of thioether (sulfide) groups is 1. The van der Waals surface area contributed by atoms with E-state index in [2.05, 4.69) is 15.3 Å². The van der Waals surface area contributed by atoms with Gasteiger partial charge in [-0.3, -0.25) is 4.79 Å². The molecule has 1 unspecified atom stereocenters. The first-order chi connectivity index (χ1) is 8.48. The SMILES string of the molecule is CNC(C)(CCCSc1ncc(C)cn1)C(=O)O. The molecule has 6 heteroatoms. The lowest BCUT2D eigenvalue weighted by Crippen LogP contribution is -2.47. The number of aromatic nitrogens is 2. The Morgan fingerprint density at radius 1 is 1.50 bits per heavy atom. The summed E-state index contributed by atoms with van der Waals surface area (Å²) in [5.74, 6) is -0.00487. The number of carbonyl (C=O) groups is 1. The van der Waals surface area contributed by atoms with E-state index in [1.165, 1.54) is 0 Å². The molecule has 100 valence electrons. The molecule has 5 nitrogen and oxygen atoms in total. The third kappa shape index (κ3) is 4.27. The molecule has 0 saturated carbocycles. The summed E-state index contributed by atoms with van der Waals surface area (Å²) >= 11 is 1.55. The van der Waals surface area contributed by atoms with Crippen molar-refractivity contribution in [1.29, 1.82) is 0 Å². The number of hydrogen-bond acceptors (Lipinski definition) is 5. The molecule has 1 heterocycles. The lowest BCUT2D eigenvalue weighted by molar-refractivity contribution is -0.144. The van der Waals surface area contributed by atoms with Crippen molar-refractivity contribution in [3.63, 3.8) is 0 Å². The van der Waals surface area contributed by atoms with Crippen molar-refractivity contribution in [2.45, 2.75) is 37.4 Å². The molecule has 0 fully saturated rings. The van der Waals surface area contributed by atoms with Gasteiger partial charge in [0.2, 0.25) is 0 Å². The standard InChI is InChI=1S/C12H19N3O2S/c1-9-7-14-11(15-8-9)18-6-4-5-12(2,13-3)10(16)17/h7-8,13H,4-6H2,1-3H3,(H,16,17). The van der Waals surface area contributed by atoms with Gasteiger partial charge in [0.1, 0.15) is 5.54 Å². The molecule has 1 aromatic heterocycles. The monoisotopic (exact) mass is 269 g/mol. The molecule has 0 amide bonds. The van der Waals surface area contributed by atoms with Crippen LogP contribution in [0.3, 0.4) is 0 Å². The second-order valence-electron chi connectivity index (χ2n) is 4.38. The van der Waals surface area contributed by atoms with Crippen molar-refractivity contribution < 1.29 is 9.90 Å². The van der Waals surface area contributed by atoms with E-state index in [1.807, 2.05) is 6.92 Å². The lowest BCUT2D eigenvalue weighted by atomic mass is 9.97. The largest absolute Gasteiger partial charge is 0.480 e. The Balaban J connectivity index is 2.34. The molecule has 0 spiro atoms. The van der Waals surface area contributed by atoms with Crippen molar-refractivity contribution >= 4 is 17.7 Å². The van der Waals surface area contributed by atoms with E-state index in [9.17, 15) is 4.79 Å². The second kappa shape index (κ2) is 6.70. The Kier molecular flexibility index (Phi) is 5.55. The number of carboxylic acid groups (broad SMARTS) is 1. The van der Waals surface area contributed by atoms with Crippen LogP contribution < -0.4 is 5.32 Å². The Bertz CT molecular complexity index is 397. The summed E-state index contributed by atoms with van der Waals surface area (Å²) in [4.78, 5) is 19.4. The zero-order valence-electron chi connectivity index (χ0n) is 10.9. The quantitative estimate of drug-likeness (QED) is 0.446. The Morgan fingerprint density at radius 2 is 2.11 bits per heavy atom. The fourth-order valence-electron chi connectivity index (χ4n) is 1.38. The van der Waals surface area contributed by atoms with Crippen LogP contribution in [0.4, 0.5) is 0 Å². The van der Waals surface area contributed by atoms with E-state index < -0.39 is 11.5 Å². The Labute approximate surface area is 111 Å². The van der Waals surface area contributed by atoms with E-state index in [4.69, 9.17) is 5.11 Å². The van der Waals surface area contributed by atoms with Crippen molar-refractivity contribution in [2.24, 2.45) is 0 Å². The summed E-state index contributed by atoms with van der Waals surface area (Å²) in [6.45, 7) is 3.64. The first kappa shape index (κ1) is 14.9. The summed E-state index contributed by atoms with van der Waals surface area (Å²) < 4.78 is 0. The molecule has 0 saturated heterocycles.